The van der Waals surface area contributed by atoms with Gasteiger partial charge in [0, 0.05) is 38.5 Å². The van der Waals surface area contributed by atoms with Crippen LogP contribution in [-0.2, 0) is 5.41 Å². The summed E-state index contributed by atoms with van der Waals surface area (Å²) in [4.78, 5) is 2.49. The van der Waals surface area contributed by atoms with Gasteiger partial charge < -0.3 is 9.32 Å². The van der Waals surface area contributed by atoms with E-state index in [2.05, 4.69) is 278 Å². The van der Waals surface area contributed by atoms with Gasteiger partial charge in [-0.25, -0.2) is 0 Å². The number of hydrogen-bond acceptors (Lipinski definition) is 2. The van der Waals surface area contributed by atoms with E-state index in [1.54, 1.807) is 0 Å². The molecule has 14 rings (SSSR count). The smallest absolute Gasteiger partial charge is 0.143 e. The van der Waals surface area contributed by atoms with Crippen LogP contribution in [0.3, 0.4) is 0 Å². The first-order valence-electron chi connectivity index (χ1n) is 24.5. The number of fused-ring (bicyclic) bond motifs is 9. The lowest BCUT2D eigenvalue weighted by Gasteiger charge is -2.34. The minimum Gasteiger partial charge on any atom is -0.455 e. The Morgan fingerprint density at radius 3 is 1.63 bits per heavy atom. The lowest BCUT2D eigenvalue weighted by molar-refractivity contribution is 0.674. The molecule has 0 atom stereocenters. The van der Waals surface area contributed by atoms with Crippen LogP contribution in [0.15, 0.2) is 277 Å². The Morgan fingerprint density at radius 2 is 0.831 bits per heavy atom. The van der Waals surface area contributed by atoms with Crippen LogP contribution in [0.1, 0.15) is 22.3 Å². The molecule has 2 nitrogen and oxygen atoms in total. The first-order chi connectivity index (χ1) is 35.2. The number of anilines is 3. The number of benzene rings is 12. The van der Waals surface area contributed by atoms with Crippen molar-refractivity contribution in [2.24, 2.45) is 0 Å². The second-order valence-electron chi connectivity index (χ2n) is 18.7. The summed E-state index contributed by atoms with van der Waals surface area (Å²) in [5, 5.41) is 6.99. The normalized spacial score (nSPS) is 12.6. The van der Waals surface area contributed by atoms with E-state index in [-0.39, 0.29) is 0 Å². The number of para-hydroxylation sites is 2. The van der Waals surface area contributed by atoms with Crippen molar-refractivity contribution in [1.82, 2.24) is 0 Å². The van der Waals surface area contributed by atoms with Gasteiger partial charge in [-0.2, -0.15) is 0 Å². The summed E-state index contributed by atoms with van der Waals surface area (Å²) in [5.41, 5.74) is 18.8. The third kappa shape index (κ3) is 6.35. The van der Waals surface area contributed by atoms with E-state index in [1.807, 2.05) is 0 Å². The van der Waals surface area contributed by atoms with Crippen LogP contribution in [-0.4, -0.2) is 0 Å². The van der Waals surface area contributed by atoms with Crippen LogP contribution in [0.2, 0.25) is 0 Å². The highest BCUT2D eigenvalue weighted by molar-refractivity contribution is 6.18. The van der Waals surface area contributed by atoms with Gasteiger partial charge in [-0.15, -0.1) is 0 Å². The van der Waals surface area contributed by atoms with Gasteiger partial charge in [0.1, 0.15) is 11.2 Å². The Morgan fingerprint density at radius 1 is 0.296 bits per heavy atom. The Hall–Kier alpha value is -9.24. The third-order valence-electron chi connectivity index (χ3n) is 14.9. The van der Waals surface area contributed by atoms with E-state index in [9.17, 15) is 0 Å². The molecule has 1 aliphatic carbocycles. The molecule has 0 N–H and O–H groups in total. The molecule has 13 aromatic rings. The minimum atomic E-state index is -0.558. The van der Waals surface area contributed by atoms with E-state index < -0.39 is 5.41 Å². The van der Waals surface area contributed by atoms with Crippen LogP contribution in [0.4, 0.5) is 17.1 Å². The third-order valence-corrected chi connectivity index (χ3v) is 14.9. The topological polar surface area (TPSA) is 16.4 Å². The molecule has 1 aliphatic rings. The lowest BCUT2D eigenvalue weighted by Crippen LogP contribution is -2.28. The average Bonchev–Trinajstić information content (AvgIpc) is 3.99. The van der Waals surface area contributed by atoms with Crippen molar-refractivity contribution in [2.45, 2.75) is 5.41 Å². The van der Waals surface area contributed by atoms with E-state index >= 15 is 0 Å². The first-order valence-corrected chi connectivity index (χ1v) is 24.5. The molecule has 12 aromatic carbocycles. The Bertz CT molecular complexity index is 4120. The molecule has 0 bridgehead atoms. The van der Waals surface area contributed by atoms with Crippen molar-refractivity contribution in [3.63, 3.8) is 0 Å². The largest absolute Gasteiger partial charge is 0.455 e. The molecule has 0 unspecified atom stereocenters. The van der Waals surface area contributed by atoms with Gasteiger partial charge in [0.15, 0.2) is 0 Å². The Balaban J connectivity index is 1.00. The summed E-state index contributed by atoms with van der Waals surface area (Å²) in [7, 11) is 0. The van der Waals surface area contributed by atoms with Gasteiger partial charge in [-0.1, -0.05) is 237 Å². The molecule has 0 fully saturated rings. The van der Waals surface area contributed by atoms with Crippen molar-refractivity contribution in [1.29, 1.82) is 0 Å². The van der Waals surface area contributed by atoms with Crippen molar-refractivity contribution in [2.75, 3.05) is 4.90 Å². The summed E-state index contributed by atoms with van der Waals surface area (Å²) >= 11 is 0. The zero-order valence-electron chi connectivity index (χ0n) is 38.8. The highest BCUT2D eigenvalue weighted by atomic mass is 16.3. The Kier molecular flexibility index (Phi) is 9.47. The van der Waals surface area contributed by atoms with Crippen LogP contribution >= 0.6 is 0 Å². The van der Waals surface area contributed by atoms with E-state index in [4.69, 9.17) is 4.42 Å². The molecule has 0 saturated heterocycles. The fourth-order valence-electron chi connectivity index (χ4n) is 11.8. The van der Waals surface area contributed by atoms with E-state index in [1.165, 1.54) is 60.8 Å². The molecule has 0 amide bonds. The molecule has 0 aliphatic heterocycles. The quantitative estimate of drug-likeness (QED) is 0.151. The fourth-order valence-corrected chi connectivity index (χ4v) is 11.8. The zero-order chi connectivity index (χ0) is 46.9. The molecule has 0 saturated carbocycles. The predicted octanol–water partition coefficient (Wildman–Crippen LogP) is 18.7. The van der Waals surface area contributed by atoms with Gasteiger partial charge in [-0.05, 0) is 103 Å². The standard InChI is InChI=1S/C69H45NO/c1-3-24-51(25-4-1)69(52-26-5-2-6-27-52)62-35-13-11-31-61(62)66-63(69)36-18-38-65(66)70(53-42-39-46(40-43-53)49-22-15-23-50(45-49)55-32-16-21-47-19-7-9-28-54(47)55)64-37-14-12-30-57(64)58-33-17-34-59-60-44-41-48-20-8-10-29-56(48)67(60)71-68(58)59/h1-45H. The van der Waals surface area contributed by atoms with E-state index in [0.717, 1.165) is 66.5 Å². The average molecular weight is 904 g/mol. The van der Waals surface area contributed by atoms with Crippen molar-refractivity contribution in [3.8, 4) is 44.5 Å². The number of rotatable bonds is 8. The Labute approximate surface area is 413 Å². The van der Waals surface area contributed by atoms with Crippen LogP contribution in [0.5, 0.6) is 0 Å². The van der Waals surface area contributed by atoms with Gasteiger partial charge in [0.2, 0.25) is 0 Å². The van der Waals surface area contributed by atoms with Crippen LogP contribution in [0, 0.1) is 0 Å². The number of nitrogens with zero attached hydrogens (tertiary/aromatic N) is 1. The van der Waals surface area contributed by atoms with Crippen LogP contribution < -0.4 is 4.90 Å². The second-order valence-corrected chi connectivity index (χ2v) is 18.7. The summed E-state index contributed by atoms with van der Waals surface area (Å²) in [6, 6.07) is 99.8. The number of hydrogen-bond donors (Lipinski definition) is 0. The van der Waals surface area contributed by atoms with Crippen molar-refractivity contribution >= 4 is 60.5 Å². The molecule has 0 spiro atoms. The maximum Gasteiger partial charge on any atom is 0.143 e. The van der Waals surface area contributed by atoms with Gasteiger partial charge in [-0.3, -0.25) is 0 Å². The molecule has 1 aromatic heterocycles. The maximum atomic E-state index is 7.05. The highest BCUT2D eigenvalue weighted by Gasteiger charge is 2.47. The summed E-state index contributed by atoms with van der Waals surface area (Å²) < 4.78 is 7.05. The van der Waals surface area contributed by atoms with E-state index in [0.29, 0.717) is 0 Å². The molecular formula is C69H45NO. The lowest BCUT2D eigenvalue weighted by atomic mass is 9.68. The molecule has 2 heteroatoms. The van der Waals surface area contributed by atoms with Crippen molar-refractivity contribution in [3.05, 3.63) is 295 Å². The van der Waals surface area contributed by atoms with Crippen LogP contribution in [0.25, 0.3) is 88.0 Å². The monoisotopic (exact) mass is 903 g/mol. The fraction of sp³-hybridized carbons (Fsp3) is 0.0145. The first kappa shape index (κ1) is 40.8. The van der Waals surface area contributed by atoms with Gasteiger partial charge in [0.05, 0.1) is 16.8 Å². The van der Waals surface area contributed by atoms with Gasteiger partial charge >= 0.3 is 0 Å². The molecular weight excluding hydrogens is 859 g/mol. The molecule has 332 valence electrons. The molecule has 1 heterocycles. The minimum absolute atomic E-state index is 0.558. The summed E-state index contributed by atoms with van der Waals surface area (Å²) in [6.45, 7) is 0. The zero-order valence-corrected chi connectivity index (χ0v) is 38.8. The number of furan rings is 1. The SMILES string of the molecule is c1ccc(C2(c3ccccc3)c3ccccc3-c3c(N(c4ccc(-c5cccc(-c6cccc7ccccc67)c5)cc4)c4ccccc4-c4cccc5c4oc4c6ccccc6ccc54)cccc32)cc1. The predicted molar refractivity (Wildman–Crippen MR) is 297 cm³/mol. The molecule has 0 radical (unpaired) electrons. The summed E-state index contributed by atoms with van der Waals surface area (Å²) in [5.74, 6) is 0. The maximum absolute atomic E-state index is 7.05. The molecule has 71 heavy (non-hydrogen) atoms. The second kappa shape index (κ2) is 16.5. The summed E-state index contributed by atoms with van der Waals surface area (Å²) in [6.07, 6.45) is 0. The van der Waals surface area contributed by atoms with Gasteiger partial charge in [0.25, 0.3) is 0 Å². The van der Waals surface area contributed by atoms with Crippen molar-refractivity contribution < 1.29 is 4.42 Å². The highest BCUT2D eigenvalue weighted by Crippen LogP contribution is 2.60.